The van der Waals surface area contributed by atoms with Crippen molar-refractivity contribution < 1.29 is 4.79 Å². The first-order chi connectivity index (χ1) is 9.21. The molecule has 4 aliphatic carbocycles. The van der Waals surface area contributed by atoms with Gasteiger partial charge >= 0.3 is 0 Å². The second-order valence-electron chi connectivity index (χ2n) is 8.01. The second kappa shape index (κ2) is 4.79. The lowest BCUT2D eigenvalue weighted by Gasteiger charge is -2.56. The topological polar surface area (TPSA) is 17.1 Å². The van der Waals surface area contributed by atoms with Gasteiger partial charge in [-0.15, -0.1) is 0 Å². The van der Waals surface area contributed by atoms with Crippen LogP contribution in [0.25, 0.3) is 0 Å². The minimum atomic E-state index is 0.480. The maximum absolute atomic E-state index is 12.5. The Morgan fingerprint density at radius 2 is 1.47 bits per heavy atom. The monoisotopic (exact) mass is 279 g/mol. The van der Waals surface area contributed by atoms with Crippen molar-refractivity contribution in [2.45, 2.75) is 57.8 Å². The highest BCUT2D eigenvalue weighted by atomic mass is 32.2. The first kappa shape index (κ1) is 12.7. The highest BCUT2D eigenvalue weighted by molar-refractivity contribution is 7.97. The summed E-state index contributed by atoms with van der Waals surface area (Å²) < 4.78 is 0. The average Bonchev–Trinajstić information content (AvgIpc) is 2.78. The summed E-state index contributed by atoms with van der Waals surface area (Å²) in [7, 11) is 0.480. The predicted octanol–water partition coefficient (Wildman–Crippen LogP) is 3.57. The summed E-state index contributed by atoms with van der Waals surface area (Å²) >= 11 is 0. The first-order valence-electron chi connectivity index (χ1n) is 8.37. The van der Waals surface area contributed by atoms with Crippen molar-refractivity contribution in [3.8, 4) is 0 Å². The fourth-order valence-electron chi connectivity index (χ4n) is 6.06. The van der Waals surface area contributed by atoms with E-state index < -0.39 is 0 Å². The van der Waals surface area contributed by atoms with Gasteiger partial charge in [-0.05, 0) is 85.4 Å². The maximum atomic E-state index is 12.5. The van der Waals surface area contributed by atoms with Crippen LogP contribution in [0, 0.1) is 23.2 Å². The lowest BCUT2D eigenvalue weighted by atomic mass is 9.48. The van der Waals surface area contributed by atoms with E-state index in [-0.39, 0.29) is 0 Å². The third-order valence-corrected chi connectivity index (χ3v) is 8.68. The number of carbonyl (C=O) groups is 1. The quantitative estimate of drug-likeness (QED) is 0.719. The molecule has 19 heavy (non-hydrogen) atoms. The van der Waals surface area contributed by atoms with Crippen LogP contribution in [-0.2, 0) is 15.7 Å². The molecule has 4 saturated carbocycles. The molecule has 0 radical (unpaired) electrons. The third-order valence-electron chi connectivity index (χ3n) is 6.22. The van der Waals surface area contributed by atoms with Gasteiger partial charge in [0.25, 0.3) is 0 Å². The number of rotatable bonds is 4. The summed E-state index contributed by atoms with van der Waals surface area (Å²) in [6.45, 7) is 0. The second-order valence-corrected chi connectivity index (χ2v) is 10.3. The number of hydrogen-bond donors (Lipinski definition) is 0. The summed E-state index contributed by atoms with van der Waals surface area (Å²) in [6, 6.07) is 0. The van der Waals surface area contributed by atoms with Crippen molar-refractivity contribution in [1.82, 2.24) is 0 Å². The molecule has 0 unspecified atom stereocenters. The van der Waals surface area contributed by atoms with Crippen molar-refractivity contribution >= 4 is 16.7 Å². The molecule has 5 rings (SSSR count). The van der Waals surface area contributed by atoms with Gasteiger partial charge in [0.05, 0.1) is 0 Å². The molecule has 4 bridgehead atoms. The standard InChI is InChI=1S/C17H27OS/c18-16(12-19-3-1-2-4-19)11-17-8-13-5-14(9-17)7-15(6-13)10-17/h13-15H,1-12H2/q+1. The molecule has 0 N–H and O–H groups in total. The Balaban J connectivity index is 1.40. The van der Waals surface area contributed by atoms with Gasteiger partial charge in [0, 0.05) is 6.42 Å². The lowest BCUT2D eigenvalue weighted by molar-refractivity contribution is -0.124. The Kier molecular flexibility index (Phi) is 3.21. The van der Waals surface area contributed by atoms with Gasteiger partial charge in [0.2, 0.25) is 0 Å². The fourth-order valence-corrected chi connectivity index (χ4v) is 8.34. The molecule has 1 nitrogen and oxygen atoms in total. The normalized spacial score (nSPS) is 44.9. The Morgan fingerprint density at radius 1 is 0.947 bits per heavy atom. The van der Waals surface area contributed by atoms with E-state index in [0.717, 1.165) is 29.9 Å². The molecule has 0 spiro atoms. The van der Waals surface area contributed by atoms with Crippen LogP contribution in [0.5, 0.6) is 0 Å². The van der Waals surface area contributed by atoms with E-state index in [9.17, 15) is 4.79 Å². The van der Waals surface area contributed by atoms with E-state index in [4.69, 9.17) is 0 Å². The Labute approximate surface area is 120 Å². The van der Waals surface area contributed by atoms with Crippen molar-refractivity contribution in [2.24, 2.45) is 23.2 Å². The molecule has 0 aromatic rings. The van der Waals surface area contributed by atoms with Crippen LogP contribution in [-0.4, -0.2) is 23.0 Å². The van der Waals surface area contributed by atoms with Crippen LogP contribution in [0.15, 0.2) is 0 Å². The van der Waals surface area contributed by atoms with Crippen LogP contribution in [0.1, 0.15) is 57.8 Å². The van der Waals surface area contributed by atoms with E-state index >= 15 is 0 Å². The molecule has 5 aliphatic rings. The number of Topliss-reactive ketones (excluding diaryl/α,β-unsaturated/α-hetero) is 1. The summed E-state index contributed by atoms with van der Waals surface area (Å²) in [6.07, 6.45) is 12.4. The largest absolute Gasteiger partial charge is 0.294 e. The molecule has 1 heterocycles. The summed E-state index contributed by atoms with van der Waals surface area (Å²) in [4.78, 5) is 12.5. The summed E-state index contributed by atoms with van der Waals surface area (Å²) in [5.74, 6) is 7.27. The molecule has 1 aliphatic heterocycles. The van der Waals surface area contributed by atoms with Gasteiger partial charge in [-0.3, -0.25) is 4.79 Å². The molecule has 0 amide bonds. The Hall–Kier alpha value is 0.0200. The number of ketones is 1. The zero-order valence-corrected chi connectivity index (χ0v) is 12.9. The van der Waals surface area contributed by atoms with Crippen molar-refractivity contribution in [1.29, 1.82) is 0 Å². The van der Waals surface area contributed by atoms with Crippen molar-refractivity contribution in [2.75, 3.05) is 17.3 Å². The zero-order valence-electron chi connectivity index (χ0n) is 12.0. The lowest BCUT2D eigenvalue weighted by Crippen LogP contribution is -2.47. The van der Waals surface area contributed by atoms with Gasteiger partial charge in [0.15, 0.2) is 11.5 Å². The SMILES string of the molecule is O=C(C[S+]1CCCC1)CC12CC3CC(CC(C3)C1)C2. The van der Waals surface area contributed by atoms with Crippen LogP contribution in [0.3, 0.4) is 0 Å². The average molecular weight is 279 g/mol. The smallest absolute Gasteiger partial charge is 0.182 e. The molecular formula is C17H27OS+. The molecule has 5 fully saturated rings. The van der Waals surface area contributed by atoms with Crippen LogP contribution >= 0.6 is 0 Å². The summed E-state index contributed by atoms with van der Waals surface area (Å²) in [5.41, 5.74) is 0.481. The third kappa shape index (κ3) is 2.50. The van der Waals surface area contributed by atoms with Gasteiger partial charge in [-0.1, -0.05) is 0 Å². The fraction of sp³-hybridized carbons (Fsp3) is 0.941. The number of hydrogen-bond acceptors (Lipinski definition) is 1. The minimum Gasteiger partial charge on any atom is -0.294 e. The molecule has 0 atom stereocenters. The highest BCUT2D eigenvalue weighted by Crippen LogP contribution is 2.61. The first-order valence-corrected chi connectivity index (χ1v) is 10.1. The van der Waals surface area contributed by atoms with E-state index in [1.807, 2.05) is 0 Å². The molecular weight excluding hydrogens is 252 g/mol. The Bertz CT molecular complexity index is 334. The van der Waals surface area contributed by atoms with Crippen LogP contribution in [0.4, 0.5) is 0 Å². The van der Waals surface area contributed by atoms with E-state index in [2.05, 4.69) is 0 Å². The van der Waals surface area contributed by atoms with Gasteiger partial charge in [0.1, 0.15) is 11.5 Å². The van der Waals surface area contributed by atoms with Crippen molar-refractivity contribution in [3.05, 3.63) is 0 Å². The number of carbonyl (C=O) groups excluding carboxylic acids is 1. The highest BCUT2D eigenvalue weighted by Gasteiger charge is 2.51. The molecule has 2 heteroatoms. The van der Waals surface area contributed by atoms with Gasteiger partial charge in [-0.25, -0.2) is 0 Å². The Morgan fingerprint density at radius 3 is 2.00 bits per heavy atom. The van der Waals surface area contributed by atoms with Crippen molar-refractivity contribution in [3.63, 3.8) is 0 Å². The van der Waals surface area contributed by atoms with E-state index in [0.29, 0.717) is 22.1 Å². The van der Waals surface area contributed by atoms with E-state index in [1.54, 1.807) is 0 Å². The minimum absolute atomic E-state index is 0.480. The van der Waals surface area contributed by atoms with Gasteiger partial charge < -0.3 is 0 Å². The summed E-state index contributed by atoms with van der Waals surface area (Å²) in [5, 5.41) is 0. The maximum Gasteiger partial charge on any atom is 0.182 e. The molecule has 0 aromatic carbocycles. The van der Waals surface area contributed by atoms with Crippen LogP contribution < -0.4 is 0 Å². The predicted molar refractivity (Wildman–Crippen MR) is 81.4 cm³/mol. The molecule has 106 valence electrons. The van der Waals surface area contributed by atoms with E-state index in [1.165, 1.54) is 62.9 Å². The van der Waals surface area contributed by atoms with Crippen LogP contribution in [0.2, 0.25) is 0 Å². The molecule has 0 aromatic heterocycles. The molecule has 1 saturated heterocycles. The van der Waals surface area contributed by atoms with Gasteiger partial charge in [-0.2, -0.15) is 0 Å². The zero-order chi connectivity index (χ0) is 12.9.